The average Bonchev–Trinajstić information content (AvgIpc) is 3.44. The number of imidazole rings is 1. The van der Waals surface area contributed by atoms with Crippen molar-refractivity contribution >= 4 is 22.6 Å². The molecule has 6 nitrogen and oxygen atoms in total. The number of aromatic nitrogens is 2. The van der Waals surface area contributed by atoms with Crippen molar-refractivity contribution in [3.63, 3.8) is 0 Å². The van der Waals surface area contributed by atoms with E-state index in [0.29, 0.717) is 19.6 Å². The van der Waals surface area contributed by atoms with Gasteiger partial charge in [-0.05, 0) is 62.6 Å². The van der Waals surface area contributed by atoms with Gasteiger partial charge in [0.25, 0.3) is 0 Å². The van der Waals surface area contributed by atoms with Crippen LogP contribution in [0.2, 0.25) is 0 Å². The first-order valence-corrected chi connectivity index (χ1v) is 12.6. The molecule has 0 spiro atoms. The fourth-order valence-electron chi connectivity index (χ4n) is 5.15. The molecule has 0 bridgehead atoms. The van der Waals surface area contributed by atoms with E-state index in [0.717, 1.165) is 59.0 Å². The Balaban J connectivity index is 1.30. The van der Waals surface area contributed by atoms with Gasteiger partial charge in [0.1, 0.15) is 5.82 Å². The second-order valence-electron chi connectivity index (χ2n) is 9.51. The Labute approximate surface area is 212 Å². The summed E-state index contributed by atoms with van der Waals surface area (Å²) in [5.41, 5.74) is 5.44. The molecule has 1 aliphatic heterocycles. The van der Waals surface area contributed by atoms with Gasteiger partial charge in [-0.25, -0.2) is 4.98 Å². The van der Waals surface area contributed by atoms with Gasteiger partial charge in [0, 0.05) is 31.1 Å². The maximum absolute atomic E-state index is 13.1. The number of benzene rings is 3. The number of fused-ring (bicyclic) bond motifs is 1. The predicted octanol–water partition coefficient (Wildman–Crippen LogP) is 6.04. The third kappa shape index (κ3) is 4.81. The van der Waals surface area contributed by atoms with Gasteiger partial charge >= 0.3 is 0 Å². The topological polar surface area (TPSA) is 56.6 Å². The molecule has 3 aromatic carbocycles. The molecule has 0 saturated carbocycles. The van der Waals surface area contributed by atoms with Gasteiger partial charge in [-0.15, -0.1) is 0 Å². The van der Waals surface area contributed by atoms with Crippen LogP contribution in [-0.2, 0) is 11.3 Å². The molecule has 4 aromatic rings. The summed E-state index contributed by atoms with van der Waals surface area (Å²) in [6.07, 6.45) is 2.33. The molecule has 1 saturated heterocycles. The predicted molar refractivity (Wildman–Crippen MR) is 143 cm³/mol. The average molecular weight is 484 g/mol. The van der Waals surface area contributed by atoms with Crippen molar-refractivity contribution in [1.29, 1.82) is 0 Å². The molecule has 0 aliphatic carbocycles. The van der Waals surface area contributed by atoms with Crippen molar-refractivity contribution in [3.8, 4) is 11.5 Å². The van der Waals surface area contributed by atoms with Crippen LogP contribution < -0.4 is 14.4 Å². The van der Waals surface area contributed by atoms with Gasteiger partial charge < -0.3 is 18.9 Å². The number of aryl methyl sites for hydroxylation is 3. The van der Waals surface area contributed by atoms with E-state index in [-0.39, 0.29) is 11.8 Å². The fraction of sp³-hybridized carbons (Fsp3) is 0.333. The van der Waals surface area contributed by atoms with Crippen LogP contribution >= 0.6 is 0 Å². The summed E-state index contributed by atoms with van der Waals surface area (Å²) < 4.78 is 13.6. The smallest absolute Gasteiger partial charge is 0.227 e. The highest BCUT2D eigenvalue weighted by Gasteiger charge is 2.35. The summed E-state index contributed by atoms with van der Waals surface area (Å²) in [6, 6.07) is 22.2. The number of rotatable bonds is 9. The molecule has 6 heteroatoms. The van der Waals surface area contributed by atoms with Crippen LogP contribution in [0.1, 0.15) is 42.1 Å². The molecule has 186 valence electrons. The Morgan fingerprint density at radius 1 is 0.972 bits per heavy atom. The van der Waals surface area contributed by atoms with E-state index in [1.165, 1.54) is 5.56 Å². The van der Waals surface area contributed by atoms with Crippen LogP contribution in [0, 0.1) is 13.8 Å². The van der Waals surface area contributed by atoms with Gasteiger partial charge in [-0.1, -0.05) is 42.0 Å². The highest BCUT2D eigenvalue weighted by atomic mass is 16.5. The summed E-state index contributed by atoms with van der Waals surface area (Å²) in [4.78, 5) is 20.0. The highest BCUT2D eigenvalue weighted by Crippen LogP contribution is 2.35. The third-order valence-electron chi connectivity index (χ3n) is 6.92. The molecule has 1 atom stereocenters. The molecule has 1 amide bonds. The van der Waals surface area contributed by atoms with Crippen molar-refractivity contribution in [2.24, 2.45) is 0 Å². The first-order chi connectivity index (χ1) is 17.5. The van der Waals surface area contributed by atoms with Gasteiger partial charge in [-0.3, -0.25) is 4.79 Å². The van der Waals surface area contributed by atoms with Crippen LogP contribution in [0.5, 0.6) is 11.5 Å². The number of carbonyl (C=O) groups is 1. The Morgan fingerprint density at radius 2 is 1.75 bits per heavy atom. The Hall–Kier alpha value is -3.80. The summed E-state index contributed by atoms with van der Waals surface area (Å²) in [5.74, 6) is 2.75. The minimum absolute atomic E-state index is 0.0652. The zero-order valence-corrected chi connectivity index (χ0v) is 21.2. The maximum Gasteiger partial charge on any atom is 0.227 e. The second kappa shape index (κ2) is 10.4. The first kappa shape index (κ1) is 23.9. The molecule has 36 heavy (non-hydrogen) atoms. The van der Waals surface area contributed by atoms with Gasteiger partial charge in [0.15, 0.2) is 11.5 Å². The molecule has 1 unspecified atom stereocenters. The largest absolute Gasteiger partial charge is 0.493 e. The highest BCUT2D eigenvalue weighted by molar-refractivity contribution is 5.97. The van der Waals surface area contributed by atoms with Crippen LogP contribution in [-0.4, -0.2) is 35.7 Å². The molecular weight excluding hydrogens is 450 g/mol. The van der Waals surface area contributed by atoms with Gasteiger partial charge in [0.05, 0.1) is 24.8 Å². The van der Waals surface area contributed by atoms with Crippen molar-refractivity contribution in [2.75, 3.05) is 25.2 Å². The number of amides is 1. The Kier molecular flexibility index (Phi) is 6.94. The summed E-state index contributed by atoms with van der Waals surface area (Å²) in [5, 5.41) is 0. The van der Waals surface area contributed by atoms with Crippen LogP contribution in [0.15, 0.2) is 66.7 Å². The van der Waals surface area contributed by atoms with Crippen LogP contribution in [0.3, 0.4) is 0 Å². The quantitative estimate of drug-likeness (QED) is 0.272. The summed E-state index contributed by atoms with van der Waals surface area (Å²) in [7, 11) is 1.66. The number of ether oxygens (including phenoxy) is 2. The molecule has 0 N–H and O–H groups in total. The zero-order valence-electron chi connectivity index (χ0n) is 21.2. The number of anilines is 1. The number of methoxy groups -OCH3 is 1. The van der Waals surface area contributed by atoms with E-state index in [9.17, 15) is 4.79 Å². The first-order valence-electron chi connectivity index (χ1n) is 12.6. The minimum atomic E-state index is 0.0652. The molecule has 2 heterocycles. The van der Waals surface area contributed by atoms with E-state index in [2.05, 4.69) is 54.8 Å². The molecule has 1 aliphatic rings. The molecular formula is C30H33N3O3. The lowest BCUT2D eigenvalue weighted by Gasteiger charge is -2.20. The summed E-state index contributed by atoms with van der Waals surface area (Å²) >= 11 is 0. The SMILES string of the molecule is COc1ccccc1OCCCCn1c(C2CC(=O)N(c3ccc(C)cc3C)C2)nc2ccccc21. The lowest BCUT2D eigenvalue weighted by atomic mass is 10.1. The van der Waals surface area contributed by atoms with E-state index in [1.807, 2.05) is 35.2 Å². The lowest BCUT2D eigenvalue weighted by molar-refractivity contribution is -0.117. The number of unbranched alkanes of at least 4 members (excludes halogenated alkanes) is 1. The zero-order chi connectivity index (χ0) is 25.1. The van der Waals surface area contributed by atoms with E-state index in [1.54, 1.807) is 7.11 Å². The monoisotopic (exact) mass is 483 g/mol. The van der Waals surface area contributed by atoms with Crippen molar-refractivity contribution in [1.82, 2.24) is 9.55 Å². The standard InChI is InChI=1S/C30H33N3O3/c1-21-14-15-25(22(2)18-21)33-20-23(19-29(33)34)30-31-24-10-4-5-11-26(24)32(30)16-8-9-17-36-28-13-7-6-12-27(28)35-3/h4-7,10-15,18,23H,8-9,16-17,19-20H2,1-3H3. The van der Waals surface area contributed by atoms with Gasteiger partial charge in [0.2, 0.25) is 5.91 Å². The van der Waals surface area contributed by atoms with E-state index >= 15 is 0 Å². The molecule has 0 radical (unpaired) electrons. The lowest BCUT2D eigenvalue weighted by Crippen LogP contribution is -2.25. The molecule has 1 aromatic heterocycles. The number of para-hydroxylation sites is 4. The van der Waals surface area contributed by atoms with Crippen molar-refractivity contribution in [3.05, 3.63) is 83.7 Å². The van der Waals surface area contributed by atoms with Crippen LogP contribution in [0.25, 0.3) is 11.0 Å². The maximum atomic E-state index is 13.1. The van der Waals surface area contributed by atoms with Crippen molar-refractivity contribution in [2.45, 2.75) is 45.6 Å². The number of nitrogens with zero attached hydrogens (tertiary/aromatic N) is 3. The van der Waals surface area contributed by atoms with Crippen molar-refractivity contribution < 1.29 is 14.3 Å². The summed E-state index contributed by atoms with van der Waals surface area (Å²) in [6.45, 7) is 6.26. The normalized spacial score (nSPS) is 15.6. The fourth-order valence-corrected chi connectivity index (χ4v) is 5.15. The number of hydrogen-bond donors (Lipinski definition) is 0. The van der Waals surface area contributed by atoms with E-state index < -0.39 is 0 Å². The van der Waals surface area contributed by atoms with Gasteiger partial charge in [-0.2, -0.15) is 0 Å². The third-order valence-corrected chi connectivity index (χ3v) is 6.92. The van der Waals surface area contributed by atoms with E-state index in [4.69, 9.17) is 14.5 Å². The minimum Gasteiger partial charge on any atom is -0.493 e. The Bertz CT molecular complexity index is 1380. The number of carbonyl (C=O) groups excluding carboxylic acids is 1. The Morgan fingerprint density at radius 3 is 2.56 bits per heavy atom. The molecule has 5 rings (SSSR count). The van der Waals surface area contributed by atoms with Crippen LogP contribution in [0.4, 0.5) is 5.69 Å². The second-order valence-corrected chi connectivity index (χ2v) is 9.51. The molecule has 1 fully saturated rings. The number of hydrogen-bond acceptors (Lipinski definition) is 4.